The molecule has 1 heterocycles. The molecule has 0 aliphatic heterocycles. The van der Waals surface area contributed by atoms with E-state index in [0.29, 0.717) is 10.0 Å². The Morgan fingerprint density at radius 3 is 2.57 bits per heavy atom. The maximum Gasteiger partial charge on any atom is 0.252 e. The number of nitrogens with one attached hydrogen (secondary N) is 2. The Hall–Kier alpha value is -1.22. The summed E-state index contributed by atoms with van der Waals surface area (Å²) >= 11 is 4.44. The number of benzene rings is 1. The van der Waals surface area contributed by atoms with Gasteiger partial charge < -0.3 is 5.32 Å². The van der Waals surface area contributed by atoms with E-state index < -0.39 is 10.0 Å². The minimum atomic E-state index is -3.48. The van der Waals surface area contributed by atoms with Gasteiger partial charge in [0.05, 0.1) is 5.56 Å². The molecule has 2 rings (SSSR count). The number of rotatable bonds is 6. The molecule has 0 radical (unpaired) electrons. The second kappa shape index (κ2) is 7.17. The normalized spacial score (nSPS) is 11.3. The van der Waals surface area contributed by atoms with E-state index in [4.69, 9.17) is 0 Å². The van der Waals surface area contributed by atoms with Gasteiger partial charge in [-0.15, -0.1) is 11.3 Å². The summed E-state index contributed by atoms with van der Waals surface area (Å²) in [7, 11) is -3.48. The molecule has 2 aromatic rings. The number of carbonyl (C=O) groups is 1. The lowest BCUT2D eigenvalue weighted by Gasteiger charge is -2.08. The molecule has 5 nitrogen and oxygen atoms in total. The molecule has 1 aromatic carbocycles. The summed E-state index contributed by atoms with van der Waals surface area (Å²) in [4.78, 5) is 11.9. The maximum atomic E-state index is 11.9. The number of hydrogen-bond acceptors (Lipinski definition) is 4. The lowest BCUT2D eigenvalue weighted by atomic mass is 10.2. The predicted molar refractivity (Wildman–Crippen MR) is 86.0 cm³/mol. The summed E-state index contributed by atoms with van der Waals surface area (Å²) in [5.74, 6) is -0.252. The van der Waals surface area contributed by atoms with Crippen LogP contribution in [0.15, 0.2) is 50.5 Å². The Bertz CT molecular complexity index is 715. The van der Waals surface area contributed by atoms with Gasteiger partial charge in [0.1, 0.15) is 4.21 Å². The van der Waals surface area contributed by atoms with Crippen LogP contribution in [0.25, 0.3) is 0 Å². The second-order valence-corrected chi connectivity index (χ2v) is 7.86. The summed E-state index contributed by atoms with van der Waals surface area (Å²) in [5, 5.41) is 4.36. The van der Waals surface area contributed by atoms with Crippen LogP contribution in [-0.2, 0) is 10.0 Å². The Kier molecular flexibility index (Phi) is 5.51. The second-order valence-electron chi connectivity index (χ2n) is 4.07. The zero-order valence-corrected chi connectivity index (χ0v) is 14.1. The molecule has 0 bridgehead atoms. The Labute approximate surface area is 135 Å². The summed E-state index contributed by atoms with van der Waals surface area (Å²) in [6, 6.07) is 10.2. The molecule has 21 heavy (non-hydrogen) atoms. The van der Waals surface area contributed by atoms with Crippen LogP contribution in [-0.4, -0.2) is 27.4 Å². The van der Waals surface area contributed by atoms with Crippen LogP contribution in [0.2, 0.25) is 0 Å². The third-order valence-corrected chi connectivity index (χ3v) is 6.13. The molecule has 0 aliphatic rings. The number of halogens is 1. The zero-order chi connectivity index (χ0) is 15.3. The highest BCUT2D eigenvalue weighted by Gasteiger charge is 2.14. The van der Waals surface area contributed by atoms with E-state index in [1.807, 2.05) is 6.07 Å². The van der Waals surface area contributed by atoms with Crippen LogP contribution in [0.4, 0.5) is 0 Å². The maximum absolute atomic E-state index is 11.9. The zero-order valence-electron chi connectivity index (χ0n) is 10.9. The molecular formula is C13H13BrN2O3S2. The fraction of sp³-hybridized carbons (Fsp3) is 0.154. The van der Waals surface area contributed by atoms with Gasteiger partial charge in [0, 0.05) is 17.6 Å². The van der Waals surface area contributed by atoms with Crippen LogP contribution >= 0.6 is 27.3 Å². The van der Waals surface area contributed by atoms with Crippen LogP contribution < -0.4 is 10.0 Å². The lowest BCUT2D eigenvalue weighted by Crippen LogP contribution is -2.34. The molecule has 0 atom stereocenters. The van der Waals surface area contributed by atoms with Crippen LogP contribution in [0, 0.1) is 0 Å². The van der Waals surface area contributed by atoms with Crippen molar-refractivity contribution in [2.75, 3.05) is 13.1 Å². The van der Waals surface area contributed by atoms with Crippen molar-refractivity contribution in [2.24, 2.45) is 0 Å². The van der Waals surface area contributed by atoms with Crippen molar-refractivity contribution >= 4 is 43.2 Å². The lowest BCUT2D eigenvalue weighted by molar-refractivity contribution is 0.0953. The molecule has 1 aromatic heterocycles. The predicted octanol–water partition coefficient (Wildman–Crippen LogP) is 2.22. The third kappa shape index (κ3) is 4.37. The van der Waals surface area contributed by atoms with E-state index in [-0.39, 0.29) is 23.2 Å². The average molecular weight is 389 g/mol. The fourth-order valence-electron chi connectivity index (χ4n) is 1.59. The quantitative estimate of drug-likeness (QED) is 0.744. The number of amides is 1. The van der Waals surface area contributed by atoms with Crippen molar-refractivity contribution < 1.29 is 13.2 Å². The Morgan fingerprint density at radius 2 is 1.90 bits per heavy atom. The van der Waals surface area contributed by atoms with Gasteiger partial charge in [-0.05, 0) is 39.5 Å². The topological polar surface area (TPSA) is 75.3 Å². The molecule has 0 unspecified atom stereocenters. The Morgan fingerprint density at radius 1 is 1.14 bits per heavy atom. The first-order valence-electron chi connectivity index (χ1n) is 6.06. The van der Waals surface area contributed by atoms with E-state index >= 15 is 0 Å². The molecule has 0 fully saturated rings. The van der Waals surface area contributed by atoms with Gasteiger partial charge in [-0.25, -0.2) is 13.1 Å². The van der Waals surface area contributed by atoms with E-state index in [1.54, 1.807) is 29.6 Å². The Balaban J connectivity index is 1.83. The van der Waals surface area contributed by atoms with Crippen molar-refractivity contribution in [2.45, 2.75) is 4.21 Å². The summed E-state index contributed by atoms with van der Waals surface area (Å²) < 4.78 is 27.1. The van der Waals surface area contributed by atoms with E-state index in [0.717, 1.165) is 11.3 Å². The van der Waals surface area contributed by atoms with Gasteiger partial charge in [0.25, 0.3) is 5.91 Å². The van der Waals surface area contributed by atoms with Gasteiger partial charge in [0.2, 0.25) is 10.0 Å². The van der Waals surface area contributed by atoms with Crippen LogP contribution in [0.1, 0.15) is 10.4 Å². The standard InChI is InChI=1S/C13H13BrN2O3S2/c14-11-5-2-1-4-10(11)13(17)15-7-8-16-21(18,19)12-6-3-9-20-12/h1-6,9,16H,7-8H2,(H,15,17). The SMILES string of the molecule is O=C(NCCNS(=O)(=O)c1cccs1)c1ccccc1Br. The highest BCUT2D eigenvalue weighted by Crippen LogP contribution is 2.16. The molecule has 0 saturated carbocycles. The molecule has 0 spiro atoms. The highest BCUT2D eigenvalue weighted by molar-refractivity contribution is 9.10. The number of carbonyl (C=O) groups excluding carboxylic acids is 1. The van der Waals surface area contributed by atoms with Crippen molar-refractivity contribution in [1.29, 1.82) is 0 Å². The van der Waals surface area contributed by atoms with Gasteiger partial charge in [-0.1, -0.05) is 18.2 Å². The van der Waals surface area contributed by atoms with Crippen LogP contribution in [0.3, 0.4) is 0 Å². The first kappa shape index (κ1) is 16.2. The van der Waals surface area contributed by atoms with Crippen molar-refractivity contribution in [3.05, 3.63) is 51.8 Å². The molecule has 0 aliphatic carbocycles. The van der Waals surface area contributed by atoms with Gasteiger partial charge in [-0.2, -0.15) is 0 Å². The van der Waals surface area contributed by atoms with E-state index in [9.17, 15) is 13.2 Å². The minimum absolute atomic E-state index is 0.135. The smallest absolute Gasteiger partial charge is 0.252 e. The fourth-order valence-corrected chi connectivity index (χ4v) is 4.12. The van der Waals surface area contributed by atoms with Crippen LogP contribution in [0.5, 0.6) is 0 Å². The number of thiophene rings is 1. The van der Waals surface area contributed by atoms with Gasteiger partial charge >= 0.3 is 0 Å². The molecule has 2 N–H and O–H groups in total. The van der Waals surface area contributed by atoms with Gasteiger partial charge in [-0.3, -0.25) is 4.79 Å². The van der Waals surface area contributed by atoms with Crippen molar-refractivity contribution in [3.63, 3.8) is 0 Å². The van der Waals surface area contributed by atoms with Gasteiger partial charge in [0.15, 0.2) is 0 Å². The van der Waals surface area contributed by atoms with Crippen molar-refractivity contribution in [3.8, 4) is 0 Å². The van der Waals surface area contributed by atoms with E-state index in [1.165, 1.54) is 6.07 Å². The number of sulfonamides is 1. The molecule has 0 saturated heterocycles. The largest absolute Gasteiger partial charge is 0.351 e. The highest BCUT2D eigenvalue weighted by atomic mass is 79.9. The first-order valence-corrected chi connectivity index (χ1v) is 9.22. The summed E-state index contributed by atoms with van der Waals surface area (Å²) in [6.07, 6.45) is 0. The molecule has 8 heteroatoms. The summed E-state index contributed by atoms with van der Waals surface area (Å²) in [6.45, 7) is 0.348. The molecule has 1 amide bonds. The first-order chi connectivity index (χ1) is 10.0. The van der Waals surface area contributed by atoms with Crippen molar-refractivity contribution in [1.82, 2.24) is 10.0 Å². The van der Waals surface area contributed by atoms with E-state index in [2.05, 4.69) is 26.0 Å². The molecular weight excluding hydrogens is 376 g/mol. The monoisotopic (exact) mass is 388 g/mol. The third-order valence-electron chi connectivity index (χ3n) is 2.58. The summed E-state index contributed by atoms with van der Waals surface area (Å²) in [5.41, 5.74) is 0.513. The average Bonchev–Trinajstić information content (AvgIpc) is 2.99. The molecule has 112 valence electrons. The number of hydrogen-bond donors (Lipinski definition) is 2. The minimum Gasteiger partial charge on any atom is -0.351 e.